The zero-order chi connectivity index (χ0) is 22.5. The Hall–Kier alpha value is -3.11. The summed E-state index contributed by atoms with van der Waals surface area (Å²) in [5, 5.41) is 18.2. The molecule has 32 heavy (non-hydrogen) atoms. The van der Waals surface area contributed by atoms with Crippen LogP contribution in [0.25, 0.3) is 11.4 Å². The topological polar surface area (TPSA) is 111 Å². The molecule has 1 aliphatic carbocycles. The normalized spacial score (nSPS) is 12.9. The fourth-order valence-corrected chi connectivity index (χ4v) is 5.13. The number of hydrogen-bond donors (Lipinski definition) is 2. The third-order valence-electron chi connectivity index (χ3n) is 5.43. The molecule has 0 radical (unpaired) electrons. The number of aromatic nitrogens is 4. The van der Waals surface area contributed by atoms with E-state index in [1.54, 1.807) is 30.0 Å². The SMILES string of the molecule is CCn1nnnc1-c1cccc(C(=O)Nc2sc3c(c2C(=O)NCCOC)CCCC3)c1. The molecule has 3 aromatic rings. The second-order valence-electron chi connectivity index (χ2n) is 7.52. The van der Waals surface area contributed by atoms with Gasteiger partial charge in [-0.2, -0.15) is 0 Å². The van der Waals surface area contributed by atoms with Gasteiger partial charge in [-0.05, 0) is 60.7 Å². The van der Waals surface area contributed by atoms with E-state index in [0.29, 0.717) is 41.6 Å². The lowest BCUT2D eigenvalue weighted by Crippen LogP contribution is -2.28. The summed E-state index contributed by atoms with van der Waals surface area (Å²) in [5.41, 5.74) is 2.88. The number of anilines is 1. The highest BCUT2D eigenvalue weighted by Crippen LogP contribution is 2.38. The van der Waals surface area contributed by atoms with Crippen LogP contribution in [0.2, 0.25) is 0 Å². The number of carbonyl (C=O) groups excluding carboxylic acids is 2. The van der Waals surface area contributed by atoms with Crippen molar-refractivity contribution in [2.24, 2.45) is 0 Å². The van der Waals surface area contributed by atoms with Crippen molar-refractivity contribution in [2.75, 3.05) is 25.6 Å². The highest BCUT2D eigenvalue weighted by Gasteiger charge is 2.26. The Bertz CT molecular complexity index is 1120. The van der Waals surface area contributed by atoms with E-state index < -0.39 is 0 Å². The van der Waals surface area contributed by atoms with Gasteiger partial charge >= 0.3 is 0 Å². The third kappa shape index (κ3) is 4.56. The Morgan fingerprint density at radius 1 is 1.22 bits per heavy atom. The molecule has 2 heterocycles. The van der Waals surface area contributed by atoms with Crippen LogP contribution in [-0.4, -0.2) is 52.3 Å². The van der Waals surface area contributed by atoms with E-state index in [2.05, 4.69) is 26.2 Å². The molecule has 1 aliphatic rings. The van der Waals surface area contributed by atoms with E-state index in [4.69, 9.17) is 4.74 Å². The van der Waals surface area contributed by atoms with Crippen LogP contribution in [0.1, 0.15) is 50.9 Å². The molecule has 10 heteroatoms. The van der Waals surface area contributed by atoms with Gasteiger partial charge in [-0.15, -0.1) is 16.4 Å². The Morgan fingerprint density at radius 2 is 2.06 bits per heavy atom. The van der Waals surface area contributed by atoms with E-state index in [1.807, 2.05) is 13.0 Å². The summed E-state index contributed by atoms with van der Waals surface area (Å²) < 4.78 is 6.71. The molecule has 4 rings (SSSR count). The standard InChI is InChI=1S/C22H26N6O3S/c1-3-28-19(25-26-27-28)14-7-6-8-15(13-14)20(29)24-22-18(21(30)23-11-12-31-2)16-9-4-5-10-17(16)32-22/h6-8,13H,3-5,9-12H2,1-2H3,(H,23,30)(H,24,29). The summed E-state index contributed by atoms with van der Waals surface area (Å²) in [4.78, 5) is 27.2. The van der Waals surface area contributed by atoms with Crippen molar-refractivity contribution in [1.82, 2.24) is 25.5 Å². The number of fused-ring (bicyclic) bond motifs is 1. The van der Waals surface area contributed by atoms with Gasteiger partial charge in [0.2, 0.25) is 0 Å². The second-order valence-corrected chi connectivity index (χ2v) is 8.62. The predicted molar refractivity (Wildman–Crippen MR) is 122 cm³/mol. The van der Waals surface area contributed by atoms with Crippen LogP contribution < -0.4 is 10.6 Å². The first kappa shape index (κ1) is 22.1. The quantitative estimate of drug-likeness (QED) is 0.506. The lowest BCUT2D eigenvalue weighted by Gasteiger charge is -2.13. The molecule has 9 nitrogen and oxygen atoms in total. The van der Waals surface area contributed by atoms with Gasteiger partial charge in [0.05, 0.1) is 12.2 Å². The molecule has 2 N–H and O–H groups in total. The van der Waals surface area contributed by atoms with Crippen LogP contribution in [0.15, 0.2) is 24.3 Å². The monoisotopic (exact) mass is 454 g/mol. The minimum atomic E-state index is -0.271. The summed E-state index contributed by atoms with van der Waals surface area (Å²) in [5.74, 6) is 0.159. The largest absolute Gasteiger partial charge is 0.383 e. The van der Waals surface area contributed by atoms with E-state index in [9.17, 15) is 9.59 Å². The van der Waals surface area contributed by atoms with Crippen molar-refractivity contribution in [1.29, 1.82) is 0 Å². The molecule has 0 aliphatic heterocycles. The highest BCUT2D eigenvalue weighted by atomic mass is 32.1. The number of methoxy groups -OCH3 is 1. The maximum atomic E-state index is 13.1. The number of carbonyl (C=O) groups is 2. The fraction of sp³-hybridized carbons (Fsp3) is 0.409. The van der Waals surface area contributed by atoms with Crippen molar-refractivity contribution >= 4 is 28.2 Å². The first-order valence-electron chi connectivity index (χ1n) is 10.7. The molecule has 0 bridgehead atoms. The molecule has 0 saturated carbocycles. The lowest BCUT2D eigenvalue weighted by molar-refractivity contribution is 0.0937. The summed E-state index contributed by atoms with van der Waals surface area (Å²) in [6.45, 7) is 3.43. The second kappa shape index (κ2) is 10.0. The Kier molecular flexibility index (Phi) is 6.91. The van der Waals surface area contributed by atoms with Crippen molar-refractivity contribution in [2.45, 2.75) is 39.2 Å². The third-order valence-corrected chi connectivity index (χ3v) is 6.64. The zero-order valence-corrected chi connectivity index (χ0v) is 19.0. The number of amides is 2. The molecule has 0 saturated heterocycles. The summed E-state index contributed by atoms with van der Waals surface area (Å²) in [6.07, 6.45) is 3.93. The summed E-state index contributed by atoms with van der Waals surface area (Å²) in [6, 6.07) is 7.17. The van der Waals surface area contributed by atoms with Gasteiger partial charge in [0.1, 0.15) is 5.00 Å². The van der Waals surface area contributed by atoms with Gasteiger partial charge in [0, 0.05) is 36.2 Å². The Balaban J connectivity index is 1.60. The fourth-order valence-electron chi connectivity index (χ4n) is 3.85. The number of rotatable bonds is 8. The lowest BCUT2D eigenvalue weighted by atomic mass is 9.95. The molecule has 0 unspecified atom stereocenters. The van der Waals surface area contributed by atoms with E-state index in [0.717, 1.165) is 36.8 Å². The predicted octanol–water partition coefficient (Wildman–Crippen LogP) is 2.93. The van der Waals surface area contributed by atoms with Crippen LogP contribution in [-0.2, 0) is 24.1 Å². The molecule has 0 spiro atoms. The van der Waals surface area contributed by atoms with E-state index >= 15 is 0 Å². The molecule has 0 fully saturated rings. The van der Waals surface area contributed by atoms with Gasteiger partial charge in [-0.1, -0.05) is 12.1 Å². The minimum absolute atomic E-state index is 0.173. The Labute approximate surface area is 190 Å². The number of thiophene rings is 1. The average Bonchev–Trinajstić information content (AvgIpc) is 3.43. The number of benzene rings is 1. The molecule has 2 aromatic heterocycles. The minimum Gasteiger partial charge on any atom is -0.383 e. The van der Waals surface area contributed by atoms with Crippen molar-refractivity contribution < 1.29 is 14.3 Å². The van der Waals surface area contributed by atoms with E-state index in [1.165, 1.54) is 16.2 Å². The molecule has 0 atom stereocenters. The van der Waals surface area contributed by atoms with Gasteiger partial charge in [-0.3, -0.25) is 9.59 Å². The van der Waals surface area contributed by atoms with Crippen LogP contribution in [0.4, 0.5) is 5.00 Å². The van der Waals surface area contributed by atoms with E-state index in [-0.39, 0.29) is 11.8 Å². The number of ether oxygens (including phenoxy) is 1. The number of tetrazole rings is 1. The van der Waals surface area contributed by atoms with Gasteiger partial charge in [0.15, 0.2) is 5.82 Å². The first-order chi connectivity index (χ1) is 15.6. The molecule has 2 amide bonds. The van der Waals surface area contributed by atoms with Crippen molar-refractivity contribution in [3.05, 3.63) is 45.8 Å². The molecule has 168 valence electrons. The maximum Gasteiger partial charge on any atom is 0.256 e. The smallest absolute Gasteiger partial charge is 0.256 e. The summed E-state index contributed by atoms with van der Waals surface area (Å²) in [7, 11) is 1.59. The van der Waals surface area contributed by atoms with Crippen LogP contribution in [0.3, 0.4) is 0 Å². The van der Waals surface area contributed by atoms with Gasteiger partial charge in [0.25, 0.3) is 11.8 Å². The van der Waals surface area contributed by atoms with Crippen LogP contribution in [0.5, 0.6) is 0 Å². The number of aryl methyl sites for hydroxylation is 2. The van der Waals surface area contributed by atoms with Crippen molar-refractivity contribution in [3.63, 3.8) is 0 Å². The average molecular weight is 455 g/mol. The zero-order valence-electron chi connectivity index (χ0n) is 18.2. The van der Waals surface area contributed by atoms with Gasteiger partial charge in [-0.25, -0.2) is 4.68 Å². The number of nitrogens with zero attached hydrogens (tertiary/aromatic N) is 4. The molecular weight excluding hydrogens is 428 g/mol. The number of hydrogen-bond acceptors (Lipinski definition) is 7. The first-order valence-corrected chi connectivity index (χ1v) is 11.5. The Morgan fingerprint density at radius 3 is 2.88 bits per heavy atom. The highest BCUT2D eigenvalue weighted by molar-refractivity contribution is 7.17. The number of nitrogens with one attached hydrogen (secondary N) is 2. The maximum absolute atomic E-state index is 13.1. The van der Waals surface area contributed by atoms with Crippen LogP contribution >= 0.6 is 11.3 Å². The van der Waals surface area contributed by atoms with Gasteiger partial charge < -0.3 is 15.4 Å². The van der Waals surface area contributed by atoms with Crippen molar-refractivity contribution in [3.8, 4) is 11.4 Å². The molecular formula is C22H26N6O3S. The molecule has 1 aromatic carbocycles. The van der Waals surface area contributed by atoms with Crippen LogP contribution in [0, 0.1) is 0 Å². The summed E-state index contributed by atoms with van der Waals surface area (Å²) >= 11 is 1.50.